The zero-order chi connectivity index (χ0) is 15.2. The van der Waals surface area contributed by atoms with Gasteiger partial charge in [0.2, 0.25) is 0 Å². The molecule has 0 bridgehead atoms. The van der Waals surface area contributed by atoms with Crippen LogP contribution in [0.3, 0.4) is 0 Å². The molecule has 0 amide bonds. The van der Waals surface area contributed by atoms with E-state index in [1.165, 1.54) is 25.7 Å². The normalized spacial score (nSPS) is 24.3. The first kappa shape index (κ1) is 18.0. The molecule has 20 heavy (non-hydrogen) atoms. The van der Waals surface area contributed by atoms with Crippen molar-refractivity contribution in [3.63, 3.8) is 0 Å². The highest BCUT2D eigenvalue weighted by Crippen LogP contribution is 2.44. The first-order valence-corrected chi connectivity index (χ1v) is 8.62. The van der Waals surface area contributed by atoms with Gasteiger partial charge in [0.25, 0.3) is 0 Å². The van der Waals surface area contributed by atoms with E-state index in [1.54, 1.807) is 7.11 Å². The van der Waals surface area contributed by atoms with E-state index in [-0.39, 0.29) is 11.7 Å². The van der Waals surface area contributed by atoms with Gasteiger partial charge in [-0.1, -0.05) is 53.4 Å². The average molecular weight is 284 g/mol. The standard InChI is InChI=1S/C18H36O2/c1-6-8-9-15(7-2)14-16(19)18(20-5)12-10-17(3,4)11-13-18/h15-16,19H,6-14H2,1-5H3. The third kappa shape index (κ3) is 4.73. The molecule has 1 saturated carbocycles. The van der Waals surface area contributed by atoms with Crippen molar-refractivity contribution in [3.05, 3.63) is 0 Å². The second kappa shape index (κ2) is 7.79. The molecule has 0 radical (unpaired) electrons. The molecular formula is C18H36O2. The van der Waals surface area contributed by atoms with E-state index < -0.39 is 0 Å². The number of unbranched alkanes of at least 4 members (excludes halogenated alkanes) is 1. The van der Waals surface area contributed by atoms with Crippen molar-refractivity contribution in [3.8, 4) is 0 Å². The molecule has 2 unspecified atom stereocenters. The van der Waals surface area contributed by atoms with Gasteiger partial charge in [-0.05, 0) is 43.4 Å². The number of hydrogen-bond acceptors (Lipinski definition) is 2. The highest BCUT2D eigenvalue weighted by atomic mass is 16.5. The van der Waals surface area contributed by atoms with Crippen molar-refractivity contribution in [2.24, 2.45) is 11.3 Å². The molecule has 0 aromatic rings. The number of methoxy groups -OCH3 is 1. The molecule has 2 atom stereocenters. The number of ether oxygens (including phenoxy) is 1. The number of hydrogen-bond donors (Lipinski definition) is 1. The monoisotopic (exact) mass is 284 g/mol. The summed E-state index contributed by atoms with van der Waals surface area (Å²) in [5.41, 5.74) is 0.128. The summed E-state index contributed by atoms with van der Waals surface area (Å²) in [4.78, 5) is 0. The summed E-state index contributed by atoms with van der Waals surface area (Å²) in [5.74, 6) is 0.645. The zero-order valence-electron chi connectivity index (χ0n) is 14.4. The molecule has 1 aliphatic carbocycles. The molecule has 2 heteroatoms. The molecule has 0 saturated heterocycles. The topological polar surface area (TPSA) is 29.5 Å². The minimum absolute atomic E-state index is 0.283. The van der Waals surface area contributed by atoms with Crippen LogP contribution >= 0.6 is 0 Å². The summed E-state index contributed by atoms with van der Waals surface area (Å²) in [6, 6.07) is 0. The Bertz CT molecular complexity index is 263. The summed E-state index contributed by atoms with van der Waals surface area (Å²) in [6.07, 6.45) is 9.86. The maximum Gasteiger partial charge on any atom is 0.0936 e. The molecule has 1 rings (SSSR count). The lowest BCUT2D eigenvalue weighted by molar-refractivity contribution is -0.142. The molecular weight excluding hydrogens is 248 g/mol. The van der Waals surface area contributed by atoms with E-state index in [2.05, 4.69) is 27.7 Å². The van der Waals surface area contributed by atoms with Crippen LogP contribution in [0.2, 0.25) is 0 Å². The molecule has 0 heterocycles. The second-order valence-corrected chi connectivity index (χ2v) is 7.60. The van der Waals surface area contributed by atoms with Crippen LogP contribution in [0.1, 0.15) is 85.5 Å². The van der Waals surface area contributed by atoms with E-state index in [4.69, 9.17) is 4.74 Å². The summed E-state index contributed by atoms with van der Waals surface area (Å²) >= 11 is 0. The molecule has 0 spiro atoms. The van der Waals surface area contributed by atoms with Crippen LogP contribution in [-0.4, -0.2) is 23.9 Å². The maximum absolute atomic E-state index is 10.8. The van der Waals surface area contributed by atoms with Crippen molar-refractivity contribution in [1.29, 1.82) is 0 Å². The van der Waals surface area contributed by atoms with E-state index in [0.717, 1.165) is 32.1 Å². The van der Waals surface area contributed by atoms with Gasteiger partial charge in [0, 0.05) is 7.11 Å². The van der Waals surface area contributed by atoms with Gasteiger partial charge in [-0.25, -0.2) is 0 Å². The molecule has 0 aromatic carbocycles. The Morgan fingerprint density at radius 2 is 1.70 bits per heavy atom. The summed E-state index contributed by atoms with van der Waals surface area (Å²) in [7, 11) is 1.79. The van der Waals surface area contributed by atoms with Gasteiger partial charge >= 0.3 is 0 Å². The summed E-state index contributed by atoms with van der Waals surface area (Å²) < 4.78 is 5.83. The second-order valence-electron chi connectivity index (χ2n) is 7.60. The van der Waals surface area contributed by atoms with Gasteiger partial charge in [0.1, 0.15) is 0 Å². The lowest BCUT2D eigenvalue weighted by Gasteiger charge is -2.46. The molecule has 1 fully saturated rings. The van der Waals surface area contributed by atoms with Gasteiger partial charge in [0.05, 0.1) is 11.7 Å². The lowest BCUT2D eigenvalue weighted by atomic mass is 9.68. The summed E-state index contributed by atoms with van der Waals surface area (Å²) in [6.45, 7) is 9.14. The maximum atomic E-state index is 10.8. The Kier molecular flexibility index (Phi) is 7.00. The van der Waals surface area contributed by atoms with Crippen LogP contribution in [0, 0.1) is 11.3 Å². The van der Waals surface area contributed by atoms with Crippen molar-refractivity contribution >= 4 is 0 Å². The molecule has 0 aliphatic heterocycles. The average Bonchev–Trinajstić information content (AvgIpc) is 2.43. The van der Waals surface area contributed by atoms with Gasteiger partial charge in [-0.2, -0.15) is 0 Å². The van der Waals surface area contributed by atoms with Crippen molar-refractivity contribution in [2.75, 3.05) is 7.11 Å². The fourth-order valence-electron chi connectivity index (χ4n) is 3.54. The molecule has 2 nitrogen and oxygen atoms in total. The van der Waals surface area contributed by atoms with Crippen molar-refractivity contribution in [2.45, 2.75) is 97.2 Å². The van der Waals surface area contributed by atoms with E-state index in [9.17, 15) is 5.11 Å². The Hall–Kier alpha value is -0.0800. The zero-order valence-corrected chi connectivity index (χ0v) is 14.4. The summed E-state index contributed by atoms with van der Waals surface area (Å²) in [5, 5.41) is 10.8. The Morgan fingerprint density at radius 1 is 1.10 bits per heavy atom. The minimum atomic E-state index is -0.301. The Labute approximate surface area is 126 Å². The van der Waals surface area contributed by atoms with E-state index in [1.807, 2.05) is 0 Å². The fourth-order valence-corrected chi connectivity index (χ4v) is 3.54. The molecule has 120 valence electrons. The first-order valence-electron chi connectivity index (χ1n) is 8.62. The van der Waals surface area contributed by atoms with Crippen LogP contribution in [0.25, 0.3) is 0 Å². The van der Waals surface area contributed by atoms with Gasteiger partial charge in [-0.3, -0.25) is 0 Å². The van der Waals surface area contributed by atoms with Gasteiger partial charge in [0.15, 0.2) is 0 Å². The Morgan fingerprint density at radius 3 is 2.15 bits per heavy atom. The molecule has 1 N–H and O–H groups in total. The minimum Gasteiger partial charge on any atom is -0.390 e. The van der Waals surface area contributed by atoms with Gasteiger partial charge in [-0.15, -0.1) is 0 Å². The lowest BCUT2D eigenvalue weighted by Crippen LogP contribution is -2.49. The predicted octanol–water partition coefficient (Wildman–Crippen LogP) is 4.94. The van der Waals surface area contributed by atoms with Crippen LogP contribution in [0.5, 0.6) is 0 Å². The molecule has 0 aromatic heterocycles. The van der Waals surface area contributed by atoms with Crippen LogP contribution in [0.4, 0.5) is 0 Å². The quantitative estimate of drug-likeness (QED) is 0.684. The third-order valence-corrected chi connectivity index (χ3v) is 5.56. The third-order valence-electron chi connectivity index (χ3n) is 5.56. The SMILES string of the molecule is CCCCC(CC)CC(O)C1(OC)CCC(C)(C)CC1. The van der Waals surface area contributed by atoms with Crippen LogP contribution in [-0.2, 0) is 4.74 Å². The van der Waals surface area contributed by atoms with Crippen LogP contribution in [0.15, 0.2) is 0 Å². The molecule has 1 aliphatic rings. The fraction of sp³-hybridized carbons (Fsp3) is 1.00. The number of aliphatic hydroxyl groups excluding tert-OH is 1. The van der Waals surface area contributed by atoms with E-state index in [0.29, 0.717) is 11.3 Å². The Balaban J connectivity index is 2.60. The van der Waals surface area contributed by atoms with Crippen LogP contribution < -0.4 is 0 Å². The van der Waals surface area contributed by atoms with Crippen molar-refractivity contribution in [1.82, 2.24) is 0 Å². The van der Waals surface area contributed by atoms with Gasteiger partial charge < -0.3 is 9.84 Å². The van der Waals surface area contributed by atoms with E-state index >= 15 is 0 Å². The van der Waals surface area contributed by atoms with Crippen molar-refractivity contribution < 1.29 is 9.84 Å². The smallest absolute Gasteiger partial charge is 0.0936 e. The predicted molar refractivity (Wildman–Crippen MR) is 85.9 cm³/mol. The highest BCUT2D eigenvalue weighted by molar-refractivity contribution is 4.95. The first-order chi connectivity index (χ1) is 9.39. The largest absolute Gasteiger partial charge is 0.390 e. The highest BCUT2D eigenvalue weighted by Gasteiger charge is 2.43. The number of rotatable bonds is 8. The number of aliphatic hydroxyl groups is 1.